The van der Waals surface area contributed by atoms with Crippen LogP contribution in [0.4, 0.5) is 4.79 Å². The van der Waals surface area contributed by atoms with Crippen molar-refractivity contribution in [1.29, 1.82) is 0 Å². The Morgan fingerprint density at radius 2 is 1.71 bits per heavy atom. The number of benzene rings is 1. The highest BCUT2D eigenvalue weighted by molar-refractivity contribution is 5.97. The van der Waals surface area contributed by atoms with Crippen molar-refractivity contribution in [3.05, 3.63) is 35.9 Å². The molecule has 0 aromatic heterocycles. The fourth-order valence-corrected chi connectivity index (χ4v) is 2.04. The molecule has 0 heterocycles. The number of hydrogen-bond donors (Lipinski definition) is 2. The molecule has 0 bridgehead atoms. The van der Waals surface area contributed by atoms with Gasteiger partial charge in [0.15, 0.2) is 0 Å². The van der Waals surface area contributed by atoms with Gasteiger partial charge in [-0.3, -0.25) is 9.69 Å². The largest absolute Gasteiger partial charge is 0.335 e. The van der Waals surface area contributed by atoms with Gasteiger partial charge in [0.1, 0.15) is 0 Å². The standard InChI is InChI=1S/C16H25N3O2/c1-11(2)18-16(21)19(12(3)4)15(20)14(17)10-13-8-6-5-7-9-13/h5-9,11-12,14H,10,17H2,1-4H3,(H,18,21). The van der Waals surface area contributed by atoms with E-state index >= 15 is 0 Å². The van der Waals surface area contributed by atoms with Crippen molar-refractivity contribution in [3.63, 3.8) is 0 Å². The third-order valence-corrected chi connectivity index (χ3v) is 3.00. The lowest BCUT2D eigenvalue weighted by Crippen LogP contribution is -2.55. The quantitative estimate of drug-likeness (QED) is 0.870. The molecule has 5 heteroatoms. The smallest absolute Gasteiger partial charge is 0.324 e. The predicted molar refractivity (Wildman–Crippen MR) is 83.8 cm³/mol. The minimum absolute atomic E-state index is 0.0307. The molecule has 3 amide bonds. The van der Waals surface area contributed by atoms with E-state index in [2.05, 4.69) is 5.32 Å². The summed E-state index contributed by atoms with van der Waals surface area (Å²) in [5.41, 5.74) is 6.96. The number of imide groups is 1. The summed E-state index contributed by atoms with van der Waals surface area (Å²) < 4.78 is 0. The number of hydrogen-bond acceptors (Lipinski definition) is 3. The molecule has 116 valence electrons. The van der Waals surface area contributed by atoms with Crippen molar-refractivity contribution in [2.24, 2.45) is 5.73 Å². The van der Waals surface area contributed by atoms with Crippen LogP contribution in [0.3, 0.4) is 0 Å². The van der Waals surface area contributed by atoms with Crippen LogP contribution in [0, 0.1) is 0 Å². The third-order valence-electron chi connectivity index (χ3n) is 3.00. The van der Waals surface area contributed by atoms with Gasteiger partial charge in [0.05, 0.1) is 6.04 Å². The number of amides is 3. The molecule has 0 aliphatic carbocycles. The maximum atomic E-state index is 12.5. The van der Waals surface area contributed by atoms with Gasteiger partial charge in [-0.1, -0.05) is 30.3 Å². The van der Waals surface area contributed by atoms with E-state index in [4.69, 9.17) is 5.73 Å². The highest BCUT2D eigenvalue weighted by Crippen LogP contribution is 2.08. The third kappa shape index (κ3) is 5.19. The number of nitrogens with one attached hydrogen (secondary N) is 1. The zero-order valence-corrected chi connectivity index (χ0v) is 13.2. The summed E-state index contributed by atoms with van der Waals surface area (Å²) in [5.74, 6) is -0.355. The maximum Gasteiger partial charge on any atom is 0.324 e. The Bertz CT molecular complexity index is 472. The van der Waals surface area contributed by atoms with Crippen LogP contribution in [0.2, 0.25) is 0 Å². The SMILES string of the molecule is CC(C)NC(=O)N(C(=O)C(N)Cc1ccccc1)C(C)C. The molecule has 1 atom stereocenters. The number of rotatable bonds is 5. The summed E-state index contributed by atoms with van der Waals surface area (Å²) in [4.78, 5) is 25.8. The number of urea groups is 1. The number of nitrogens with zero attached hydrogens (tertiary/aromatic N) is 1. The fraction of sp³-hybridized carbons (Fsp3) is 0.500. The molecule has 0 saturated heterocycles. The molecule has 1 rings (SSSR count). The Hall–Kier alpha value is -1.88. The molecule has 1 aromatic carbocycles. The summed E-state index contributed by atoms with van der Waals surface area (Å²) in [7, 11) is 0. The van der Waals surface area contributed by atoms with Crippen LogP contribution in [0.25, 0.3) is 0 Å². The van der Waals surface area contributed by atoms with E-state index in [9.17, 15) is 9.59 Å². The van der Waals surface area contributed by atoms with Crippen LogP contribution < -0.4 is 11.1 Å². The molecule has 3 N–H and O–H groups in total. The lowest BCUT2D eigenvalue weighted by molar-refractivity contribution is -0.130. The Morgan fingerprint density at radius 3 is 2.19 bits per heavy atom. The van der Waals surface area contributed by atoms with Crippen molar-refractivity contribution in [3.8, 4) is 0 Å². The van der Waals surface area contributed by atoms with Gasteiger partial charge in [-0.25, -0.2) is 4.79 Å². The monoisotopic (exact) mass is 291 g/mol. The Labute approximate surface area is 126 Å². The average molecular weight is 291 g/mol. The second-order valence-electron chi connectivity index (χ2n) is 5.70. The zero-order chi connectivity index (χ0) is 16.0. The maximum absolute atomic E-state index is 12.5. The molecule has 0 aliphatic rings. The summed E-state index contributed by atoms with van der Waals surface area (Å²) in [5, 5.41) is 2.73. The van der Waals surface area contributed by atoms with E-state index in [0.29, 0.717) is 6.42 Å². The first-order valence-corrected chi connectivity index (χ1v) is 7.26. The molecule has 0 radical (unpaired) electrons. The van der Waals surface area contributed by atoms with E-state index in [1.807, 2.05) is 44.2 Å². The van der Waals surface area contributed by atoms with Gasteiger partial charge >= 0.3 is 6.03 Å². The van der Waals surface area contributed by atoms with Gasteiger partial charge < -0.3 is 11.1 Å². The van der Waals surface area contributed by atoms with E-state index in [1.165, 1.54) is 4.90 Å². The first-order valence-electron chi connectivity index (χ1n) is 7.26. The van der Waals surface area contributed by atoms with Gasteiger partial charge in [-0.15, -0.1) is 0 Å². The van der Waals surface area contributed by atoms with Crippen molar-refractivity contribution in [1.82, 2.24) is 10.2 Å². The van der Waals surface area contributed by atoms with E-state index in [1.54, 1.807) is 13.8 Å². The van der Waals surface area contributed by atoms with Crippen molar-refractivity contribution >= 4 is 11.9 Å². The first kappa shape index (κ1) is 17.2. The van der Waals surface area contributed by atoms with Crippen LogP contribution in [-0.2, 0) is 11.2 Å². The van der Waals surface area contributed by atoms with E-state index in [-0.39, 0.29) is 18.0 Å². The van der Waals surface area contributed by atoms with Crippen molar-refractivity contribution in [2.45, 2.75) is 52.2 Å². The Morgan fingerprint density at radius 1 is 1.14 bits per heavy atom. The van der Waals surface area contributed by atoms with E-state index < -0.39 is 12.1 Å². The average Bonchev–Trinajstić information content (AvgIpc) is 2.38. The second kappa shape index (κ2) is 7.78. The number of carbonyl (C=O) groups excluding carboxylic acids is 2. The lowest BCUT2D eigenvalue weighted by Gasteiger charge is -2.28. The van der Waals surface area contributed by atoms with Crippen molar-refractivity contribution < 1.29 is 9.59 Å². The Balaban J connectivity index is 2.78. The molecule has 1 aromatic rings. The number of nitrogens with two attached hydrogens (primary N) is 1. The summed E-state index contributed by atoms with van der Waals surface area (Å²) in [6.45, 7) is 7.30. The van der Waals surface area contributed by atoms with Gasteiger partial charge in [0.25, 0.3) is 0 Å². The minimum Gasteiger partial charge on any atom is -0.335 e. The number of carbonyl (C=O) groups is 2. The fourth-order valence-electron chi connectivity index (χ4n) is 2.04. The van der Waals surface area contributed by atoms with Crippen molar-refractivity contribution in [2.75, 3.05) is 0 Å². The molecule has 0 saturated carbocycles. The zero-order valence-electron chi connectivity index (χ0n) is 13.2. The summed E-state index contributed by atoms with van der Waals surface area (Å²) in [6, 6.07) is 8.16. The van der Waals surface area contributed by atoms with Gasteiger partial charge in [0.2, 0.25) is 5.91 Å². The molecule has 0 fully saturated rings. The van der Waals surface area contributed by atoms with Gasteiger partial charge in [-0.2, -0.15) is 0 Å². The van der Waals surface area contributed by atoms with Crippen LogP contribution in [0.5, 0.6) is 0 Å². The normalized spacial score (nSPS) is 12.3. The molecule has 21 heavy (non-hydrogen) atoms. The van der Waals surface area contributed by atoms with Crippen LogP contribution in [0.1, 0.15) is 33.3 Å². The minimum atomic E-state index is -0.729. The first-order chi connectivity index (χ1) is 9.82. The molecule has 5 nitrogen and oxygen atoms in total. The van der Waals surface area contributed by atoms with E-state index in [0.717, 1.165) is 5.56 Å². The highest BCUT2D eigenvalue weighted by atomic mass is 16.2. The lowest BCUT2D eigenvalue weighted by atomic mass is 10.1. The molecular formula is C16H25N3O2. The van der Waals surface area contributed by atoms with Gasteiger partial charge in [0, 0.05) is 12.1 Å². The van der Waals surface area contributed by atoms with Gasteiger partial charge in [-0.05, 0) is 39.7 Å². The predicted octanol–water partition coefficient (Wildman–Crippen LogP) is 1.91. The summed E-state index contributed by atoms with van der Waals surface area (Å²) in [6.07, 6.45) is 0.415. The highest BCUT2D eigenvalue weighted by Gasteiger charge is 2.29. The van der Waals surface area contributed by atoms with Crippen LogP contribution in [0.15, 0.2) is 30.3 Å². The molecular weight excluding hydrogens is 266 g/mol. The molecule has 0 spiro atoms. The molecule has 1 unspecified atom stereocenters. The second-order valence-corrected chi connectivity index (χ2v) is 5.70. The Kier molecular flexibility index (Phi) is 6.37. The van der Waals surface area contributed by atoms with Crippen LogP contribution in [-0.4, -0.2) is 35.0 Å². The summed E-state index contributed by atoms with van der Waals surface area (Å²) >= 11 is 0. The topological polar surface area (TPSA) is 75.4 Å². The van der Waals surface area contributed by atoms with Crippen LogP contribution >= 0.6 is 0 Å². The molecule has 0 aliphatic heterocycles.